The Balaban J connectivity index is 1.76. The quantitative estimate of drug-likeness (QED) is 0.910. The Labute approximate surface area is 148 Å². The standard InChI is InChI=1S/C18H23N3O3S/c1-14-4-5-17(12-15(14)2)25(23,24)21-9-3-8-20(10-11-21)18(22)16-6-7-19-13-16/h4-7,12-13,19H,3,8-11H2,1-2H3. The van der Waals surface area contributed by atoms with E-state index >= 15 is 0 Å². The first-order chi connectivity index (χ1) is 11.9. The van der Waals surface area contributed by atoms with Gasteiger partial charge in [-0.1, -0.05) is 6.07 Å². The van der Waals surface area contributed by atoms with Crippen LogP contribution in [0, 0.1) is 13.8 Å². The first-order valence-electron chi connectivity index (χ1n) is 8.39. The van der Waals surface area contributed by atoms with Gasteiger partial charge in [0.15, 0.2) is 0 Å². The zero-order valence-corrected chi connectivity index (χ0v) is 15.3. The summed E-state index contributed by atoms with van der Waals surface area (Å²) in [4.78, 5) is 17.4. The number of aromatic nitrogens is 1. The van der Waals surface area contributed by atoms with E-state index in [-0.39, 0.29) is 5.91 Å². The van der Waals surface area contributed by atoms with Crippen molar-refractivity contribution in [2.24, 2.45) is 0 Å². The summed E-state index contributed by atoms with van der Waals surface area (Å²) in [5.41, 5.74) is 2.63. The van der Waals surface area contributed by atoms with E-state index in [0.29, 0.717) is 43.1 Å². The molecule has 1 aromatic carbocycles. The molecule has 0 aliphatic carbocycles. The van der Waals surface area contributed by atoms with Crippen molar-refractivity contribution < 1.29 is 13.2 Å². The predicted octanol–water partition coefficient (Wildman–Crippen LogP) is 2.17. The molecule has 0 spiro atoms. The average Bonchev–Trinajstić information content (AvgIpc) is 3.00. The maximum Gasteiger partial charge on any atom is 0.255 e. The number of hydrogen-bond donors (Lipinski definition) is 1. The second-order valence-corrected chi connectivity index (χ2v) is 8.33. The number of nitrogens with one attached hydrogen (secondary N) is 1. The van der Waals surface area contributed by atoms with Crippen molar-refractivity contribution in [3.05, 3.63) is 53.3 Å². The summed E-state index contributed by atoms with van der Waals surface area (Å²) in [6, 6.07) is 6.95. The lowest BCUT2D eigenvalue weighted by molar-refractivity contribution is 0.0764. The minimum Gasteiger partial charge on any atom is -0.367 e. The molecule has 0 atom stereocenters. The molecule has 7 heteroatoms. The highest BCUT2D eigenvalue weighted by molar-refractivity contribution is 7.89. The number of carbonyl (C=O) groups is 1. The molecule has 1 N–H and O–H groups in total. The van der Waals surface area contributed by atoms with Gasteiger partial charge < -0.3 is 9.88 Å². The van der Waals surface area contributed by atoms with Crippen molar-refractivity contribution in [1.82, 2.24) is 14.2 Å². The summed E-state index contributed by atoms with van der Waals surface area (Å²) in [7, 11) is -3.54. The number of carbonyl (C=O) groups excluding carboxylic acids is 1. The minimum atomic E-state index is -3.54. The summed E-state index contributed by atoms with van der Waals surface area (Å²) in [6.45, 7) is 5.56. The maximum absolute atomic E-state index is 12.9. The largest absolute Gasteiger partial charge is 0.367 e. The van der Waals surface area contributed by atoms with E-state index < -0.39 is 10.0 Å². The van der Waals surface area contributed by atoms with Crippen LogP contribution in [-0.2, 0) is 10.0 Å². The highest BCUT2D eigenvalue weighted by Crippen LogP contribution is 2.21. The number of aryl methyl sites for hydroxylation is 2. The van der Waals surface area contributed by atoms with Crippen LogP contribution in [0.25, 0.3) is 0 Å². The summed E-state index contributed by atoms with van der Waals surface area (Å²) in [5.74, 6) is -0.0633. The van der Waals surface area contributed by atoms with Crippen LogP contribution in [0.2, 0.25) is 0 Å². The van der Waals surface area contributed by atoms with E-state index in [1.807, 2.05) is 19.9 Å². The van der Waals surface area contributed by atoms with E-state index in [2.05, 4.69) is 4.98 Å². The zero-order chi connectivity index (χ0) is 18.0. The van der Waals surface area contributed by atoms with E-state index in [4.69, 9.17) is 0 Å². The molecule has 25 heavy (non-hydrogen) atoms. The fraction of sp³-hybridized carbons (Fsp3) is 0.389. The van der Waals surface area contributed by atoms with Crippen LogP contribution >= 0.6 is 0 Å². The molecule has 0 bridgehead atoms. The molecule has 0 unspecified atom stereocenters. The molecule has 1 saturated heterocycles. The number of aromatic amines is 1. The van der Waals surface area contributed by atoms with Gasteiger partial charge in [0.1, 0.15) is 0 Å². The normalized spacial score (nSPS) is 16.6. The van der Waals surface area contributed by atoms with Crippen LogP contribution in [0.15, 0.2) is 41.6 Å². The second kappa shape index (κ2) is 7.01. The number of hydrogen-bond acceptors (Lipinski definition) is 3. The average molecular weight is 361 g/mol. The number of sulfonamides is 1. The lowest BCUT2D eigenvalue weighted by atomic mass is 10.1. The van der Waals surface area contributed by atoms with Gasteiger partial charge in [-0.15, -0.1) is 0 Å². The van der Waals surface area contributed by atoms with Crippen LogP contribution < -0.4 is 0 Å². The number of amides is 1. The number of H-pyrrole nitrogens is 1. The zero-order valence-electron chi connectivity index (χ0n) is 14.5. The number of rotatable bonds is 3. The summed E-state index contributed by atoms with van der Waals surface area (Å²) in [5, 5.41) is 0. The highest BCUT2D eigenvalue weighted by Gasteiger charge is 2.28. The van der Waals surface area contributed by atoms with Crippen molar-refractivity contribution in [2.75, 3.05) is 26.2 Å². The van der Waals surface area contributed by atoms with Gasteiger partial charge in [0.25, 0.3) is 5.91 Å². The Kier molecular flexibility index (Phi) is 4.96. The van der Waals surface area contributed by atoms with Gasteiger partial charge >= 0.3 is 0 Å². The third-order valence-electron chi connectivity index (χ3n) is 4.70. The van der Waals surface area contributed by atoms with Crippen LogP contribution in [-0.4, -0.2) is 54.7 Å². The van der Waals surface area contributed by atoms with Gasteiger partial charge in [-0.3, -0.25) is 4.79 Å². The van der Waals surface area contributed by atoms with Crippen LogP contribution in [0.3, 0.4) is 0 Å². The van der Waals surface area contributed by atoms with E-state index in [1.54, 1.807) is 35.5 Å². The Bertz CT molecular complexity index is 860. The highest BCUT2D eigenvalue weighted by atomic mass is 32.2. The van der Waals surface area contributed by atoms with Gasteiger partial charge in [-0.25, -0.2) is 8.42 Å². The SMILES string of the molecule is Cc1ccc(S(=O)(=O)N2CCCN(C(=O)c3cc[nH]c3)CC2)cc1C. The topological polar surface area (TPSA) is 73.5 Å². The van der Waals surface area contributed by atoms with Gasteiger partial charge in [0, 0.05) is 38.6 Å². The molecule has 3 rings (SSSR count). The molecule has 1 amide bonds. The first-order valence-corrected chi connectivity index (χ1v) is 9.83. The van der Waals surface area contributed by atoms with Crippen LogP contribution in [0.1, 0.15) is 27.9 Å². The fourth-order valence-corrected chi connectivity index (χ4v) is 4.56. The third-order valence-corrected chi connectivity index (χ3v) is 6.60. The molecule has 0 radical (unpaired) electrons. The molecule has 1 aliphatic heterocycles. The molecular weight excluding hydrogens is 338 g/mol. The van der Waals surface area contributed by atoms with Crippen LogP contribution in [0.4, 0.5) is 0 Å². The molecule has 2 heterocycles. The second-order valence-electron chi connectivity index (χ2n) is 6.40. The fourth-order valence-electron chi connectivity index (χ4n) is 3.00. The summed E-state index contributed by atoms with van der Waals surface area (Å²) in [6.07, 6.45) is 4.00. The van der Waals surface area contributed by atoms with Gasteiger partial charge in [-0.05, 0) is 49.6 Å². The van der Waals surface area contributed by atoms with Gasteiger partial charge in [0.2, 0.25) is 10.0 Å². The monoisotopic (exact) mass is 361 g/mol. The molecular formula is C18H23N3O3S. The van der Waals surface area contributed by atoms with Crippen molar-refractivity contribution >= 4 is 15.9 Å². The molecule has 2 aromatic rings. The van der Waals surface area contributed by atoms with Crippen molar-refractivity contribution in [2.45, 2.75) is 25.2 Å². The third kappa shape index (κ3) is 3.62. The van der Waals surface area contributed by atoms with Crippen molar-refractivity contribution in [3.8, 4) is 0 Å². The minimum absolute atomic E-state index is 0.0633. The van der Waals surface area contributed by atoms with E-state index in [1.165, 1.54) is 4.31 Å². The molecule has 1 fully saturated rings. The van der Waals surface area contributed by atoms with Crippen LogP contribution in [0.5, 0.6) is 0 Å². The Morgan fingerprint density at radius 2 is 1.84 bits per heavy atom. The Morgan fingerprint density at radius 3 is 2.52 bits per heavy atom. The lowest BCUT2D eigenvalue weighted by Crippen LogP contribution is -2.37. The van der Waals surface area contributed by atoms with E-state index in [0.717, 1.165) is 11.1 Å². The Morgan fingerprint density at radius 1 is 1.04 bits per heavy atom. The first kappa shape index (κ1) is 17.7. The van der Waals surface area contributed by atoms with Gasteiger partial charge in [-0.2, -0.15) is 4.31 Å². The molecule has 1 aromatic heterocycles. The Hall–Kier alpha value is -2.12. The molecule has 0 saturated carbocycles. The number of benzene rings is 1. The maximum atomic E-state index is 12.9. The lowest BCUT2D eigenvalue weighted by Gasteiger charge is -2.22. The predicted molar refractivity (Wildman–Crippen MR) is 96.0 cm³/mol. The molecule has 6 nitrogen and oxygen atoms in total. The summed E-state index contributed by atoms with van der Waals surface area (Å²) >= 11 is 0. The van der Waals surface area contributed by atoms with Crippen molar-refractivity contribution in [1.29, 1.82) is 0 Å². The van der Waals surface area contributed by atoms with Crippen molar-refractivity contribution in [3.63, 3.8) is 0 Å². The van der Waals surface area contributed by atoms with E-state index in [9.17, 15) is 13.2 Å². The molecule has 134 valence electrons. The number of nitrogens with zero attached hydrogens (tertiary/aromatic N) is 2. The summed E-state index contributed by atoms with van der Waals surface area (Å²) < 4.78 is 27.3. The smallest absolute Gasteiger partial charge is 0.255 e. The molecule has 1 aliphatic rings. The van der Waals surface area contributed by atoms with Gasteiger partial charge in [0.05, 0.1) is 10.5 Å².